The molecule has 0 aromatic rings. The summed E-state index contributed by atoms with van der Waals surface area (Å²) < 4.78 is 6.32. The number of carbonyl (C=O) groups excluding carboxylic acids is 1. The highest BCUT2D eigenvalue weighted by molar-refractivity contribution is 5.49. The molecule has 3 aliphatic rings. The Morgan fingerprint density at radius 1 is 1.17 bits per heavy atom. The third-order valence-electron chi connectivity index (χ3n) is 10.4. The maximum Gasteiger partial charge on any atom is 0.120 e. The van der Waals surface area contributed by atoms with Gasteiger partial charge in [-0.1, -0.05) is 34.6 Å². The van der Waals surface area contributed by atoms with Crippen LogP contribution < -0.4 is 0 Å². The van der Waals surface area contributed by atoms with Crippen molar-refractivity contribution in [2.45, 2.75) is 98.2 Å². The van der Waals surface area contributed by atoms with E-state index in [0.29, 0.717) is 54.0 Å². The van der Waals surface area contributed by atoms with Gasteiger partial charge in [-0.3, -0.25) is 0 Å². The molecule has 10 atom stereocenters. The molecule has 3 fully saturated rings. The fraction of sp³-hybridized carbons (Fsp3) is 0.962. The van der Waals surface area contributed by atoms with Gasteiger partial charge in [0.1, 0.15) is 6.29 Å². The summed E-state index contributed by atoms with van der Waals surface area (Å²) in [5.41, 5.74) is 0.534. The van der Waals surface area contributed by atoms with E-state index in [1.54, 1.807) is 0 Å². The fourth-order valence-corrected chi connectivity index (χ4v) is 7.97. The molecule has 0 aromatic heterocycles. The highest BCUT2D eigenvalue weighted by Crippen LogP contribution is 2.65. The van der Waals surface area contributed by atoms with Crippen LogP contribution in [-0.2, 0) is 9.53 Å². The van der Waals surface area contributed by atoms with Crippen LogP contribution in [-0.4, -0.2) is 41.9 Å². The second kappa shape index (κ2) is 9.58. The van der Waals surface area contributed by atoms with Crippen molar-refractivity contribution >= 4 is 6.29 Å². The molecule has 9 unspecified atom stereocenters. The van der Waals surface area contributed by atoms with E-state index >= 15 is 0 Å². The summed E-state index contributed by atoms with van der Waals surface area (Å²) in [6, 6.07) is 0. The van der Waals surface area contributed by atoms with Crippen LogP contribution in [0.3, 0.4) is 0 Å². The number of hydrogen-bond donors (Lipinski definition) is 2. The van der Waals surface area contributed by atoms with Gasteiger partial charge in [0, 0.05) is 6.42 Å². The average molecular weight is 423 g/mol. The lowest BCUT2D eigenvalue weighted by Gasteiger charge is -2.64. The number of aldehydes is 1. The van der Waals surface area contributed by atoms with Crippen molar-refractivity contribution in [3.05, 3.63) is 0 Å². The quantitative estimate of drug-likeness (QED) is 0.549. The summed E-state index contributed by atoms with van der Waals surface area (Å²) in [5, 5.41) is 19.8. The van der Waals surface area contributed by atoms with Crippen LogP contribution in [0.5, 0.6) is 0 Å². The molecular formula is C26H46O4. The Morgan fingerprint density at radius 2 is 1.90 bits per heavy atom. The topological polar surface area (TPSA) is 66.8 Å². The van der Waals surface area contributed by atoms with E-state index in [4.69, 9.17) is 4.74 Å². The van der Waals surface area contributed by atoms with Gasteiger partial charge in [-0.05, 0) is 91.3 Å². The molecule has 3 rings (SSSR count). The van der Waals surface area contributed by atoms with Crippen molar-refractivity contribution in [1.82, 2.24) is 0 Å². The van der Waals surface area contributed by atoms with E-state index in [2.05, 4.69) is 34.6 Å². The predicted molar refractivity (Wildman–Crippen MR) is 120 cm³/mol. The zero-order chi connectivity index (χ0) is 22.1. The summed E-state index contributed by atoms with van der Waals surface area (Å²) in [7, 11) is 0. The first-order chi connectivity index (χ1) is 14.2. The van der Waals surface area contributed by atoms with Crippen molar-refractivity contribution in [1.29, 1.82) is 0 Å². The van der Waals surface area contributed by atoms with Gasteiger partial charge in [0.25, 0.3) is 0 Å². The Balaban J connectivity index is 1.87. The molecule has 0 amide bonds. The second-order valence-electron chi connectivity index (χ2n) is 11.5. The van der Waals surface area contributed by atoms with Crippen molar-refractivity contribution in [3.63, 3.8) is 0 Å². The zero-order valence-corrected chi connectivity index (χ0v) is 20.0. The first-order valence-corrected chi connectivity index (χ1v) is 12.5. The molecule has 0 spiro atoms. The molecule has 30 heavy (non-hydrogen) atoms. The smallest absolute Gasteiger partial charge is 0.120 e. The molecule has 0 bridgehead atoms. The molecule has 174 valence electrons. The first-order valence-electron chi connectivity index (χ1n) is 12.5. The molecular weight excluding hydrogens is 376 g/mol. The lowest BCUT2D eigenvalue weighted by Crippen LogP contribution is -2.60. The molecule has 0 aromatic carbocycles. The number of carbonyl (C=O) groups is 1. The summed E-state index contributed by atoms with van der Waals surface area (Å²) in [6.07, 6.45) is 9.16. The second-order valence-corrected chi connectivity index (χ2v) is 11.5. The summed E-state index contributed by atoms with van der Waals surface area (Å²) in [4.78, 5) is 10.9. The van der Waals surface area contributed by atoms with Gasteiger partial charge in [-0.2, -0.15) is 0 Å². The van der Waals surface area contributed by atoms with E-state index in [9.17, 15) is 15.0 Å². The number of fused-ring (bicyclic) bond motifs is 3. The highest BCUT2D eigenvalue weighted by atomic mass is 16.5. The van der Waals surface area contributed by atoms with Gasteiger partial charge in [-0.25, -0.2) is 0 Å². The van der Waals surface area contributed by atoms with Crippen molar-refractivity contribution in [2.75, 3.05) is 13.2 Å². The third-order valence-corrected chi connectivity index (χ3v) is 10.4. The Hall–Kier alpha value is -0.450. The maximum atomic E-state index is 10.9. The van der Waals surface area contributed by atoms with Gasteiger partial charge in [0.2, 0.25) is 0 Å². The van der Waals surface area contributed by atoms with Crippen LogP contribution in [0.25, 0.3) is 0 Å². The number of aliphatic hydroxyl groups is 2. The van der Waals surface area contributed by atoms with Crippen LogP contribution in [0.4, 0.5) is 0 Å². The van der Waals surface area contributed by atoms with Crippen LogP contribution >= 0.6 is 0 Å². The van der Waals surface area contributed by atoms with E-state index in [1.165, 1.54) is 12.8 Å². The Kier molecular flexibility index (Phi) is 7.73. The van der Waals surface area contributed by atoms with E-state index in [1.807, 2.05) is 0 Å². The maximum absolute atomic E-state index is 10.9. The van der Waals surface area contributed by atoms with Gasteiger partial charge in [0.05, 0.1) is 25.4 Å². The van der Waals surface area contributed by atoms with Crippen LogP contribution in [0, 0.1) is 46.3 Å². The van der Waals surface area contributed by atoms with Gasteiger partial charge < -0.3 is 19.7 Å². The van der Waals surface area contributed by atoms with Gasteiger partial charge in [0.15, 0.2) is 0 Å². The van der Waals surface area contributed by atoms with E-state index in [-0.39, 0.29) is 24.2 Å². The van der Waals surface area contributed by atoms with Crippen molar-refractivity contribution in [2.24, 2.45) is 46.3 Å². The fourth-order valence-electron chi connectivity index (χ4n) is 7.97. The Bertz CT molecular complexity index is 579. The third kappa shape index (κ3) is 4.26. The van der Waals surface area contributed by atoms with Crippen LogP contribution in [0.2, 0.25) is 0 Å². The lowest BCUT2D eigenvalue weighted by atomic mass is 9.42. The van der Waals surface area contributed by atoms with Crippen molar-refractivity contribution < 1.29 is 19.7 Å². The number of rotatable bonds is 8. The molecule has 4 nitrogen and oxygen atoms in total. The Labute approximate surface area is 184 Å². The number of hydrogen-bond acceptors (Lipinski definition) is 4. The minimum absolute atomic E-state index is 0.0726. The minimum Gasteiger partial charge on any atom is -0.394 e. The number of ether oxygens (including phenoxy) is 1. The predicted octanol–water partition coefficient (Wildman–Crippen LogP) is 4.85. The van der Waals surface area contributed by atoms with Gasteiger partial charge in [-0.15, -0.1) is 0 Å². The summed E-state index contributed by atoms with van der Waals surface area (Å²) in [6.45, 7) is 12.6. The SMILES string of the molecule is CC1C2C(OCCO)CC3CC(O)CCC3(C)C2CCC1(C)C(C)[C@H](C)CCC=O. The average Bonchev–Trinajstić information content (AvgIpc) is 2.73. The molecule has 0 aliphatic heterocycles. The minimum atomic E-state index is -0.164. The highest BCUT2D eigenvalue weighted by Gasteiger charge is 2.60. The molecule has 0 saturated heterocycles. The molecule has 4 heteroatoms. The zero-order valence-electron chi connectivity index (χ0n) is 20.0. The summed E-state index contributed by atoms with van der Waals surface area (Å²) in [5.74, 6) is 3.30. The molecule has 0 heterocycles. The molecule has 3 aliphatic carbocycles. The Morgan fingerprint density at radius 3 is 2.57 bits per heavy atom. The van der Waals surface area contributed by atoms with E-state index in [0.717, 1.165) is 38.4 Å². The monoisotopic (exact) mass is 422 g/mol. The van der Waals surface area contributed by atoms with Crippen molar-refractivity contribution in [3.8, 4) is 0 Å². The normalized spacial score (nSPS) is 45.8. The van der Waals surface area contributed by atoms with Crippen LogP contribution in [0.1, 0.15) is 86.0 Å². The molecule has 2 N–H and O–H groups in total. The summed E-state index contributed by atoms with van der Waals surface area (Å²) >= 11 is 0. The van der Waals surface area contributed by atoms with Crippen LogP contribution in [0.15, 0.2) is 0 Å². The van der Waals surface area contributed by atoms with Gasteiger partial charge >= 0.3 is 0 Å². The number of aliphatic hydroxyl groups excluding tert-OH is 2. The first kappa shape index (κ1) is 24.2. The largest absolute Gasteiger partial charge is 0.394 e. The van der Waals surface area contributed by atoms with E-state index < -0.39 is 0 Å². The standard InChI is InChI=1S/C26H46O4/c1-17(7-6-12-27)18(2)25(4)11-9-22-24(19(25)3)23(30-14-13-28)16-20-15-21(29)8-10-26(20,22)5/h12,17-24,28-29H,6-11,13-16H2,1-5H3/t17-,18?,19?,20?,21?,22?,23?,24?,25?,26?/m1/s1. The lowest BCUT2D eigenvalue weighted by molar-refractivity contribution is -0.195. The molecule has 3 saturated carbocycles. The molecule has 0 radical (unpaired) electrons.